The predicted molar refractivity (Wildman–Crippen MR) is 137 cm³/mol. The van der Waals surface area contributed by atoms with Crippen molar-refractivity contribution < 1.29 is 27.4 Å². The van der Waals surface area contributed by atoms with Gasteiger partial charge in [-0.05, 0) is 36.6 Å². The number of carbonyl (C=O) groups is 1. The van der Waals surface area contributed by atoms with Crippen LogP contribution in [0.25, 0.3) is 22.0 Å². The van der Waals surface area contributed by atoms with Crippen molar-refractivity contribution in [2.45, 2.75) is 31.2 Å². The number of aryl methyl sites for hydroxylation is 1. The van der Waals surface area contributed by atoms with E-state index in [1.807, 2.05) is 24.3 Å². The largest absolute Gasteiger partial charge is 0.389 e. The van der Waals surface area contributed by atoms with Crippen LogP contribution in [0.1, 0.15) is 18.9 Å². The highest BCUT2D eigenvalue weighted by atomic mass is 32.2. The first kappa shape index (κ1) is 27.1. The van der Waals surface area contributed by atoms with Gasteiger partial charge in [0.25, 0.3) is 5.56 Å². The molecule has 1 fully saturated rings. The lowest BCUT2D eigenvalue weighted by molar-refractivity contribution is -0.124. The maximum absolute atomic E-state index is 15.1. The number of benzene rings is 2. The number of hydrogen-bond donors (Lipinski definition) is 1. The summed E-state index contributed by atoms with van der Waals surface area (Å²) in [7, 11) is -3.87. The molecule has 2 aromatic carbocycles. The average molecular weight is 532 g/mol. The molecule has 11 heteroatoms. The Bertz CT molecular complexity index is 1470. The van der Waals surface area contributed by atoms with E-state index in [1.165, 1.54) is 19.3 Å². The van der Waals surface area contributed by atoms with Crippen molar-refractivity contribution in [3.05, 3.63) is 64.5 Å². The zero-order chi connectivity index (χ0) is 26.8. The van der Waals surface area contributed by atoms with Crippen molar-refractivity contribution in [1.82, 2.24) is 14.5 Å². The third-order valence-electron chi connectivity index (χ3n) is 7.07. The lowest BCUT2D eigenvalue weighted by Gasteiger charge is -2.26. The number of aromatic nitrogens is 2. The Kier molecular flexibility index (Phi) is 7.88. The Morgan fingerprint density at radius 1 is 1.19 bits per heavy atom. The predicted octanol–water partition coefficient (Wildman–Crippen LogP) is 1.79. The van der Waals surface area contributed by atoms with E-state index in [2.05, 4.69) is 9.88 Å². The standard InChI is InChI=1S/C26H30FN3O6S/c1-26(24(32)16-31,37(2,34)35)7-8-30-17-28-23-14-20(22(27)13-21(23)25(30)33)19-5-3-18(4-6-19)15-29-9-11-36-12-10-29/h3-6,13-14,17,31H,7-12,15-16H2,1-2H3/t26-/m1/s1. The van der Waals surface area contributed by atoms with E-state index in [9.17, 15) is 23.1 Å². The Labute approximate surface area is 214 Å². The van der Waals surface area contributed by atoms with Crippen LogP contribution in [0.15, 0.2) is 47.5 Å². The van der Waals surface area contributed by atoms with E-state index < -0.39 is 38.4 Å². The second-order valence-electron chi connectivity index (χ2n) is 9.51. The fourth-order valence-corrected chi connectivity index (χ4v) is 5.34. The highest BCUT2D eigenvalue weighted by molar-refractivity contribution is 7.92. The first-order valence-corrected chi connectivity index (χ1v) is 13.8. The number of sulfone groups is 1. The number of halogens is 1. The minimum Gasteiger partial charge on any atom is -0.389 e. The molecule has 0 amide bonds. The van der Waals surface area contributed by atoms with Gasteiger partial charge >= 0.3 is 0 Å². The fourth-order valence-electron chi connectivity index (χ4n) is 4.40. The molecule has 4 rings (SSSR count). The molecule has 1 aromatic heterocycles. The summed E-state index contributed by atoms with van der Waals surface area (Å²) in [6.07, 6.45) is 1.92. The van der Waals surface area contributed by atoms with Gasteiger partial charge in [0.05, 0.1) is 30.4 Å². The molecule has 3 aromatic rings. The molecule has 2 heterocycles. The summed E-state index contributed by atoms with van der Waals surface area (Å²) in [5, 5.41) is 9.27. The number of nitrogens with zero attached hydrogens (tertiary/aromatic N) is 3. The third-order valence-corrected chi connectivity index (χ3v) is 9.14. The van der Waals surface area contributed by atoms with Crippen molar-refractivity contribution >= 4 is 26.5 Å². The third kappa shape index (κ3) is 5.64. The number of aliphatic hydroxyl groups excluding tert-OH is 1. The molecule has 9 nitrogen and oxygen atoms in total. The quantitative estimate of drug-likeness (QED) is 0.444. The van der Waals surface area contributed by atoms with Crippen molar-refractivity contribution in [3.63, 3.8) is 0 Å². The molecule has 1 saturated heterocycles. The van der Waals surface area contributed by atoms with Gasteiger partial charge in [-0.1, -0.05) is 24.3 Å². The summed E-state index contributed by atoms with van der Waals surface area (Å²) in [5.74, 6) is -1.44. The Morgan fingerprint density at radius 2 is 1.86 bits per heavy atom. The molecule has 0 radical (unpaired) electrons. The number of fused-ring (bicyclic) bond motifs is 1. The minimum atomic E-state index is -3.87. The second kappa shape index (κ2) is 10.8. The summed E-state index contributed by atoms with van der Waals surface area (Å²) in [4.78, 5) is 31.8. The summed E-state index contributed by atoms with van der Waals surface area (Å²) in [6, 6.07) is 10.2. The summed E-state index contributed by atoms with van der Waals surface area (Å²) < 4.78 is 44.2. The van der Waals surface area contributed by atoms with Gasteiger partial charge in [-0.25, -0.2) is 17.8 Å². The molecule has 0 saturated carbocycles. The lowest BCUT2D eigenvalue weighted by atomic mass is 10.0. The van der Waals surface area contributed by atoms with Gasteiger partial charge in [0.1, 0.15) is 17.2 Å². The molecule has 0 aliphatic carbocycles. The van der Waals surface area contributed by atoms with Crippen molar-refractivity contribution in [2.24, 2.45) is 0 Å². The molecule has 0 bridgehead atoms. The molecule has 1 aliphatic heterocycles. The SMILES string of the molecule is C[C@@](CCn1cnc2cc(-c3ccc(CN4CCOCC4)cc3)c(F)cc2c1=O)(C(=O)CO)S(C)(=O)=O. The maximum atomic E-state index is 15.1. The van der Waals surface area contributed by atoms with Gasteiger partial charge in [-0.2, -0.15) is 0 Å². The van der Waals surface area contributed by atoms with Crippen LogP contribution in [0.3, 0.4) is 0 Å². The Morgan fingerprint density at radius 3 is 2.49 bits per heavy atom. The molecule has 37 heavy (non-hydrogen) atoms. The number of ether oxygens (including phenoxy) is 1. The minimum absolute atomic E-state index is 0.0437. The van der Waals surface area contributed by atoms with Crippen LogP contribution in [0.2, 0.25) is 0 Å². The fraction of sp³-hybridized carbons (Fsp3) is 0.423. The van der Waals surface area contributed by atoms with E-state index in [-0.39, 0.29) is 18.4 Å². The van der Waals surface area contributed by atoms with E-state index in [0.717, 1.165) is 42.1 Å². The average Bonchev–Trinajstić information content (AvgIpc) is 2.88. The summed E-state index contributed by atoms with van der Waals surface area (Å²) >= 11 is 0. The van der Waals surface area contributed by atoms with Crippen molar-refractivity contribution in [1.29, 1.82) is 0 Å². The number of aliphatic hydroxyl groups is 1. The van der Waals surface area contributed by atoms with Crippen LogP contribution >= 0.6 is 0 Å². The molecule has 1 aliphatic rings. The van der Waals surface area contributed by atoms with E-state index in [1.54, 1.807) is 0 Å². The van der Waals surface area contributed by atoms with Crippen molar-refractivity contribution in [2.75, 3.05) is 39.2 Å². The van der Waals surface area contributed by atoms with E-state index in [4.69, 9.17) is 4.74 Å². The zero-order valence-corrected chi connectivity index (χ0v) is 21.6. The molecular weight excluding hydrogens is 501 g/mol. The highest BCUT2D eigenvalue weighted by Crippen LogP contribution is 2.27. The lowest BCUT2D eigenvalue weighted by Crippen LogP contribution is -2.46. The number of carbonyl (C=O) groups excluding carboxylic acids is 1. The van der Waals surface area contributed by atoms with E-state index in [0.29, 0.717) is 29.9 Å². The number of ketones is 1. The molecule has 1 N–H and O–H groups in total. The highest BCUT2D eigenvalue weighted by Gasteiger charge is 2.42. The van der Waals surface area contributed by atoms with Gasteiger partial charge in [-0.3, -0.25) is 19.1 Å². The van der Waals surface area contributed by atoms with Crippen LogP contribution in [-0.4, -0.2) is 77.7 Å². The van der Waals surface area contributed by atoms with Gasteiger partial charge < -0.3 is 9.84 Å². The monoisotopic (exact) mass is 531 g/mol. The Balaban J connectivity index is 1.58. The van der Waals surface area contributed by atoms with Crippen molar-refractivity contribution in [3.8, 4) is 11.1 Å². The first-order valence-electron chi connectivity index (χ1n) is 12.0. The molecule has 198 valence electrons. The molecule has 0 unspecified atom stereocenters. The van der Waals surface area contributed by atoms with Gasteiger partial charge in [0.15, 0.2) is 15.6 Å². The van der Waals surface area contributed by atoms with Gasteiger partial charge in [-0.15, -0.1) is 0 Å². The van der Waals surface area contributed by atoms with Gasteiger partial charge in [0, 0.05) is 38.0 Å². The van der Waals surface area contributed by atoms with Crippen LogP contribution in [-0.2, 0) is 32.5 Å². The number of Topliss-reactive ketones (excluding diaryl/α,β-unsaturated/α-hetero) is 1. The smallest absolute Gasteiger partial charge is 0.261 e. The van der Waals surface area contributed by atoms with Crippen LogP contribution in [0.5, 0.6) is 0 Å². The number of hydrogen-bond acceptors (Lipinski definition) is 8. The molecule has 1 atom stereocenters. The molecular formula is C26H30FN3O6S. The maximum Gasteiger partial charge on any atom is 0.261 e. The summed E-state index contributed by atoms with van der Waals surface area (Å²) in [5.41, 5.74) is 1.82. The normalized spacial score (nSPS) is 16.5. The Hall–Kier alpha value is -2.99. The van der Waals surface area contributed by atoms with Crippen LogP contribution in [0.4, 0.5) is 4.39 Å². The van der Waals surface area contributed by atoms with E-state index >= 15 is 4.39 Å². The van der Waals surface area contributed by atoms with Gasteiger partial charge in [0.2, 0.25) is 0 Å². The zero-order valence-electron chi connectivity index (χ0n) is 20.8. The van der Waals surface area contributed by atoms with Crippen LogP contribution in [0, 0.1) is 5.82 Å². The first-order chi connectivity index (χ1) is 17.5. The van der Waals surface area contributed by atoms with Crippen LogP contribution < -0.4 is 5.56 Å². The summed E-state index contributed by atoms with van der Waals surface area (Å²) in [6.45, 7) is 4.10. The second-order valence-corrected chi connectivity index (χ2v) is 12.0. The molecule has 0 spiro atoms. The number of rotatable bonds is 9. The topological polar surface area (TPSA) is 119 Å². The number of morpholine rings is 1.